The fraction of sp³-hybridized carbons (Fsp3) is 0.909. The number of carbonyl (C=O) groups is 1. The Labute approximate surface area is 97.0 Å². The number of rotatable bonds is 2. The molecule has 1 fully saturated rings. The summed E-state index contributed by atoms with van der Waals surface area (Å²) in [5.41, 5.74) is 2.37. The Bertz CT molecular complexity index is 236. The van der Waals surface area contributed by atoms with Crippen LogP contribution in [0, 0.1) is 0 Å². The third-order valence-corrected chi connectivity index (χ3v) is 2.38. The number of ether oxygens (including phenoxy) is 1. The van der Waals surface area contributed by atoms with E-state index in [0.717, 1.165) is 25.8 Å². The summed E-state index contributed by atoms with van der Waals surface area (Å²) in [6.07, 6.45) is 2.66. The van der Waals surface area contributed by atoms with Crippen molar-refractivity contribution in [2.45, 2.75) is 51.8 Å². The molecule has 5 nitrogen and oxygen atoms in total. The van der Waals surface area contributed by atoms with Gasteiger partial charge in [-0.3, -0.25) is 4.90 Å². The maximum atomic E-state index is 11.9. The molecule has 1 aliphatic rings. The molecule has 0 spiro atoms. The Morgan fingerprint density at radius 3 is 2.62 bits per heavy atom. The third kappa shape index (κ3) is 3.98. The van der Waals surface area contributed by atoms with Crippen molar-refractivity contribution in [2.24, 2.45) is 0 Å². The van der Waals surface area contributed by atoms with Crippen LogP contribution in [0.15, 0.2) is 0 Å². The molecule has 0 aromatic heterocycles. The second-order valence-electron chi connectivity index (χ2n) is 5.01. The first-order valence-electron chi connectivity index (χ1n) is 5.72. The van der Waals surface area contributed by atoms with Gasteiger partial charge in [0, 0.05) is 6.54 Å². The van der Waals surface area contributed by atoms with Gasteiger partial charge in [-0.1, -0.05) is 0 Å². The van der Waals surface area contributed by atoms with Gasteiger partial charge in [-0.05, 0) is 40.0 Å². The van der Waals surface area contributed by atoms with Gasteiger partial charge < -0.3 is 9.57 Å². The second kappa shape index (κ2) is 5.50. The molecule has 1 heterocycles. The van der Waals surface area contributed by atoms with Gasteiger partial charge in [-0.2, -0.15) is 5.48 Å². The zero-order chi connectivity index (χ0) is 12.2. The maximum Gasteiger partial charge on any atom is 0.411 e. The van der Waals surface area contributed by atoms with Crippen molar-refractivity contribution in [3.05, 3.63) is 0 Å². The van der Waals surface area contributed by atoms with Gasteiger partial charge in [0.05, 0.1) is 7.11 Å². The van der Waals surface area contributed by atoms with Crippen LogP contribution in [0.5, 0.6) is 0 Å². The third-order valence-electron chi connectivity index (χ3n) is 2.38. The van der Waals surface area contributed by atoms with Gasteiger partial charge in [0.2, 0.25) is 0 Å². The second-order valence-corrected chi connectivity index (χ2v) is 5.01. The molecule has 5 heteroatoms. The lowest BCUT2D eigenvalue weighted by Crippen LogP contribution is -2.52. The summed E-state index contributed by atoms with van der Waals surface area (Å²) in [5, 5.41) is 0. The zero-order valence-corrected chi connectivity index (χ0v) is 10.6. The van der Waals surface area contributed by atoms with E-state index >= 15 is 0 Å². The Morgan fingerprint density at radius 2 is 2.06 bits per heavy atom. The minimum Gasteiger partial charge on any atom is -0.444 e. The number of carbonyl (C=O) groups excluding carboxylic acids is 1. The molecule has 16 heavy (non-hydrogen) atoms. The highest BCUT2D eigenvalue weighted by molar-refractivity contribution is 5.68. The largest absolute Gasteiger partial charge is 0.444 e. The summed E-state index contributed by atoms with van der Waals surface area (Å²) in [5.74, 6) is 0. The molecule has 0 saturated carbocycles. The summed E-state index contributed by atoms with van der Waals surface area (Å²) in [7, 11) is 1.56. The lowest BCUT2D eigenvalue weighted by atomic mass is 10.1. The predicted molar refractivity (Wildman–Crippen MR) is 60.7 cm³/mol. The lowest BCUT2D eigenvalue weighted by Gasteiger charge is -2.36. The molecule has 0 radical (unpaired) electrons. The summed E-state index contributed by atoms with van der Waals surface area (Å²) >= 11 is 0. The normalized spacial score (nSPS) is 22.0. The topological polar surface area (TPSA) is 50.8 Å². The minimum atomic E-state index is -0.452. The summed E-state index contributed by atoms with van der Waals surface area (Å²) < 4.78 is 5.35. The molecule has 1 aliphatic heterocycles. The standard InChI is InChI=1S/C11H22N2O3/c1-11(2,3)16-10(14)13-8-6-5-7-9(13)12-15-4/h9,12H,5-8H2,1-4H3. The summed E-state index contributed by atoms with van der Waals surface area (Å²) in [4.78, 5) is 18.5. The first kappa shape index (κ1) is 13.3. The monoisotopic (exact) mass is 230 g/mol. The lowest BCUT2D eigenvalue weighted by molar-refractivity contribution is -0.0383. The number of likely N-dealkylation sites (tertiary alicyclic amines) is 1. The van der Waals surface area contributed by atoms with Crippen molar-refractivity contribution in [2.75, 3.05) is 13.7 Å². The van der Waals surface area contributed by atoms with Crippen LogP contribution in [0.2, 0.25) is 0 Å². The van der Waals surface area contributed by atoms with Gasteiger partial charge in [-0.25, -0.2) is 4.79 Å². The molecule has 0 aromatic rings. The van der Waals surface area contributed by atoms with Gasteiger partial charge in [0.1, 0.15) is 11.8 Å². The van der Waals surface area contributed by atoms with E-state index in [4.69, 9.17) is 9.57 Å². The van der Waals surface area contributed by atoms with Crippen LogP contribution in [0.1, 0.15) is 40.0 Å². The number of nitrogens with one attached hydrogen (secondary N) is 1. The van der Waals surface area contributed by atoms with E-state index < -0.39 is 5.60 Å². The van der Waals surface area contributed by atoms with E-state index in [-0.39, 0.29) is 12.3 Å². The number of hydrogen-bond acceptors (Lipinski definition) is 4. The highest BCUT2D eigenvalue weighted by Gasteiger charge is 2.30. The van der Waals surface area contributed by atoms with Crippen LogP contribution >= 0.6 is 0 Å². The van der Waals surface area contributed by atoms with Gasteiger partial charge in [-0.15, -0.1) is 0 Å². The maximum absolute atomic E-state index is 11.9. The van der Waals surface area contributed by atoms with E-state index in [1.807, 2.05) is 20.8 Å². The summed E-state index contributed by atoms with van der Waals surface area (Å²) in [6.45, 7) is 6.32. The molecule has 0 bridgehead atoms. The number of nitrogens with zero attached hydrogens (tertiary/aromatic N) is 1. The molecule has 1 unspecified atom stereocenters. The number of hydroxylamine groups is 1. The predicted octanol–water partition coefficient (Wildman–Crippen LogP) is 1.88. The molecule has 1 amide bonds. The molecule has 1 rings (SSSR count). The van der Waals surface area contributed by atoms with Crippen LogP contribution in [-0.2, 0) is 9.57 Å². The molecule has 94 valence electrons. The van der Waals surface area contributed by atoms with Crippen molar-refractivity contribution in [3.63, 3.8) is 0 Å². The van der Waals surface area contributed by atoms with Crippen molar-refractivity contribution in [3.8, 4) is 0 Å². The van der Waals surface area contributed by atoms with E-state index in [2.05, 4.69) is 5.48 Å². The van der Waals surface area contributed by atoms with Crippen molar-refractivity contribution >= 4 is 6.09 Å². The first-order chi connectivity index (χ1) is 7.44. The smallest absolute Gasteiger partial charge is 0.411 e. The average Bonchev–Trinajstić information content (AvgIpc) is 2.16. The van der Waals surface area contributed by atoms with E-state index in [1.165, 1.54) is 0 Å². The number of piperidine rings is 1. The van der Waals surface area contributed by atoms with Gasteiger partial charge in [0.15, 0.2) is 0 Å². The van der Waals surface area contributed by atoms with E-state index in [9.17, 15) is 4.79 Å². The molecule has 0 aromatic carbocycles. The average molecular weight is 230 g/mol. The van der Waals surface area contributed by atoms with Crippen LogP contribution in [-0.4, -0.2) is 36.4 Å². The molecular weight excluding hydrogens is 208 g/mol. The Balaban J connectivity index is 2.57. The van der Waals surface area contributed by atoms with Gasteiger partial charge in [0.25, 0.3) is 0 Å². The van der Waals surface area contributed by atoms with Crippen molar-refractivity contribution < 1.29 is 14.4 Å². The zero-order valence-electron chi connectivity index (χ0n) is 10.6. The molecular formula is C11H22N2O3. The summed E-state index contributed by atoms with van der Waals surface area (Å²) in [6, 6.07) is 0. The SMILES string of the molecule is CONC1CCCCN1C(=O)OC(C)(C)C. The Hall–Kier alpha value is -0.810. The van der Waals surface area contributed by atoms with Crippen LogP contribution in [0.3, 0.4) is 0 Å². The molecule has 1 N–H and O–H groups in total. The minimum absolute atomic E-state index is 0.0754. The van der Waals surface area contributed by atoms with Crippen LogP contribution in [0.4, 0.5) is 4.79 Å². The number of amides is 1. The van der Waals surface area contributed by atoms with Crippen molar-refractivity contribution in [1.82, 2.24) is 10.4 Å². The molecule has 1 saturated heterocycles. The van der Waals surface area contributed by atoms with Crippen LogP contribution in [0.25, 0.3) is 0 Å². The fourth-order valence-corrected chi connectivity index (χ4v) is 1.73. The molecule has 1 atom stereocenters. The Morgan fingerprint density at radius 1 is 1.38 bits per heavy atom. The fourth-order valence-electron chi connectivity index (χ4n) is 1.73. The van der Waals surface area contributed by atoms with E-state index in [1.54, 1.807) is 12.0 Å². The van der Waals surface area contributed by atoms with Gasteiger partial charge >= 0.3 is 6.09 Å². The quantitative estimate of drug-likeness (QED) is 0.736. The van der Waals surface area contributed by atoms with Crippen LogP contribution < -0.4 is 5.48 Å². The highest BCUT2D eigenvalue weighted by atomic mass is 16.6. The Kier molecular flexibility index (Phi) is 4.56. The van der Waals surface area contributed by atoms with Crippen molar-refractivity contribution in [1.29, 1.82) is 0 Å². The molecule has 0 aliphatic carbocycles. The number of hydrogen-bond donors (Lipinski definition) is 1. The highest BCUT2D eigenvalue weighted by Crippen LogP contribution is 2.18. The first-order valence-corrected chi connectivity index (χ1v) is 5.72. The van der Waals surface area contributed by atoms with E-state index in [0.29, 0.717) is 0 Å².